The van der Waals surface area contributed by atoms with Crippen molar-refractivity contribution in [2.24, 2.45) is 10.8 Å². The first-order chi connectivity index (χ1) is 14.2. The predicted octanol–water partition coefficient (Wildman–Crippen LogP) is 5.83. The molecule has 1 aromatic carbocycles. The third-order valence-electron chi connectivity index (χ3n) is 6.45. The molecule has 0 N–H and O–H groups in total. The lowest BCUT2D eigenvalue weighted by molar-refractivity contribution is 0.0699. The largest absolute Gasteiger partial charge is 0.463 e. The van der Waals surface area contributed by atoms with Crippen LogP contribution in [0.1, 0.15) is 50.5 Å². The highest BCUT2D eigenvalue weighted by atomic mass is 35.5. The number of nitrogens with zero attached hydrogens (tertiary/aromatic N) is 3. The van der Waals surface area contributed by atoms with Crippen LogP contribution in [0, 0.1) is 10.8 Å². The van der Waals surface area contributed by atoms with Crippen molar-refractivity contribution >= 4 is 17.5 Å². The SMILES string of the molecule is CC1(C)C[C@H]2C[C@](C)(CN2C(=O)c2cc(-c3ccco3)nn2-c2ccc(Cl)cc2)C1. The van der Waals surface area contributed by atoms with Gasteiger partial charge in [0.25, 0.3) is 5.91 Å². The molecule has 1 amide bonds. The molecule has 1 aliphatic heterocycles. The Kier molecular flexibility index (Phi) is 4.37. The lowest BCUT2D eigenvalue weighted by Gasteiger charge is -2.39. The van der Waals surface area contributed by atoms with E-state index in [2.05, 4.69) is 25.7 Å². The van der Waals surface area contributed by atoms with Gasteiger partial charge in [-0.05, 0) is 66.5 Å². The molecule has 2 bridgehead atoms. The summed E-state index contributed by atoms with van der Waals surface area (Å²) in [6.45, 7) is 7.75. The Morgan fingerprint density at radius 1 is 1.17 bits per heavy atom. The molecular formula is C24H26ClN3O2. The van der Waals surface area contributed by atoms with Crippen LogP contribution in [-0.2, 0) is 0 Å². The summed E-state index contributed by atoms with van der Waals surface area (Å²) < 4.78 is 7.25. The van der Waals surface area contributed by atoms with Gasteiger partial charge in [0.1, 0.15) is 11.4 Å². The highest BCUT2D eigenvalue weighted by molar-refractivity contribution is 6.30. The van der Waals surface area contributed by atoms with Crippen LogP contribution in [0.25, 0.3) is 17.1 Å². The average Bonchev–Trinajstić information content (AvgIpc) is 3.38. The van der Waals surface area contributed by atoms with E-state index < -0.39 is 0 Å². The fraction of sp³-hybridized carbons (Fsp3) is 0.417. The molecular weight excluding hydrogens is 398 g/mol. The van der Waals surface area contributed by atoms with Gasteiger partial charge in [0.05, 0.1) is 12.0 Å². The van der Waals surface area contributed by atoms with E-state index in [1.807, 2.05) is 42.5 Å². The number of benzene rings is 1. The van der Waals surface area contributed by atoms with E-state index >= 15 is 0 Å². The monoisotopic (exact) mass is 423 g/mol. The van der Waals surface area contributed by atoms with E-state index in [1.54, 1.807) is 10.9 Å². The Morgan fingerprint density at radius 2 is 1.93 bits per heavy atom. The summed E-state index contributed by atoms with van der Waals surface area (Å²) in [7, 11) is 0. The van der Waals surface area contributed by atoms with Gasteiger partial charge in [0.15, 0.2) is 5.76 Å². The maximum atomic E-state index is 13.8. The van der Waals surface area contributed by atoms with Gasteiger partial charge in [-0.2, -0.15) is 5.10 Å². The van der Waals surface area contributed by atoms with Crippen LogP contribution in [0.4, 0.5) is 0 Å². The summed E-state index contributed by atoms with van der Waals surface area (Å²) >= 11 is 6.07. The van der Waals surface area contributed by atoms with E-state index in [0.29, 0.717) is 22.2 Å². The van der Waals surface area contributed by atoms with Crippen molar-refractivity contribution in [3.8, 4) is 17.1 Å². The Morgan fingerprint density at radius 3 is 2.63 bits per heavy atom. The number of carbonyl (C=O) groups is 1. The average molecular weight is 424 g/mol. The highest BCUT2D eigenvalue weighted by Gasteiger charge is 2.51. The first-order valence-corrected chi connectivity index (χ1v) is 10.8. The van der Waals surface area contributed by atoms with Crippen molar-refractivity contribution in [3.63, 3.8) is 0 Å². The first-order valence-electron chi connectivity index (χ1n) is 10.4. The summed E-state index contributed by atoms with van der Waals surface area (Å²) in [6.07, 6.45) is 4.87. The number of fused-ring (bicyclic) bond motifs is 2. The summed E-state index contributed by atoms with van der Waals surface area (Å²) in [6, 6.07) is 13.2. The minimum Gasteiger partial charge on any atom is -0.463 e. The summed E-state index contributed by atoms with van der Waals surface area (Å²) in [5.74, 6) is 0.673. The molecule has 30 heavy (non-hydrogen) atoms. The van der Waals surface area contributed by atoms with Crippen molar-refractivity contribution in [3.05, 3.63) is 59.4 Å². The molecule has 0 radical (unpaired) electrons. The molecule has 5 nitrogen and oxygen atoms in total. The second-order valence-electron chi connectivity index (χ2n) is 9.93. The molecule has 0 spiro atoms. The molecule has 1 aliphatic carbocycles. The molecule has 2 atom stereocenters. The Hall–Kier alpha value is -2.53. The van der Waals surface area contributed by atoms with E-state index in [4.69, 9.17) is 21.1 Å². The van der Waals surface area contributed by atoms with Gasteiger partial charge in [-0.1, -0.05) is 32.4 Å². The number of amides is 1. The second kappa shape index (κ2) is 6.74. The zero-order chi connectivity index (χ0) is 21.1. The number of aromatic nitrogens is 2. The number of rotatable bonds is 3. The molecule has 2 aliphatic rings. The number of hydrogen-bond donors (Lipinski definition) is 0. The molecule has 3 heterocycles. The Bertz CT molecular complexity index is 1080. The fourth-order valence-electron chi connectivity index (χ4n) is 5.70. The number of halogens is 1. The molecule has 6 heteroatoms. The zero-order valence-electron chi connectivity index (χ0n) is 17.6. The van der Waals surface area contributed by atoms with Crippen LogP contribution >= 0.6 is 11.6 Å². The molecule has 5 rings (SSSR count). The van der Waals surface area contributed by atoms with Crippen molar-refractivity contribution in [2.45, 2.75) is 46.1 Å². The highest BCUT2D eigenvalue weighted by Crippen LogP contribution is 2.52. The fourth-order valence-corrected chi connectivity index (χ4v) is 5.83. The Balaban J connectivity index is 1.56. The van der Waals surface area contributed by atoms with Crippen LogP contribution in [0.15, 0.2) is 53.1 Å². The Labute approximate surface area is 181 Å². The van der Waals surface area contributed by atoms with Gasteiger partial charge in [-0.3, -0.25) is 4.79 Å². The standard InChI is InChI=1S/C24H26ClN3O2/c1-23(2)12-18-13-24(3,14-23)15-27(18)22(29)20-11-19(21-5-4-10-30-21)26-28(20)17-8-6-16(25)7-9-17/h4-11,18H,12-15H2,1-3H3/t18-,24-/m0/s1. The summed E-state index contributed by atoms with van der Waals surface area (Å²) in [5, 5.41) is 5.36. The second-order valence-corrected chi connectivity index (χ2v) is 10.4. The van der Waals surface area contributed by atoms with Gasteiger partial charge in [-0.25, -0.2) is 4.68 Å². The van der Waals surface area contributed by atoms with E-state index in [-0.39, 0.29) is 22.8 Å². The molecule has 1 saturated heterocycles. The predicted molar refractivity (Wildman–Crippen MR) is 117 cm³/mol. The number of likely N-dealkylation sites (tertiary alicyclic amines) is 1. The molecule has 156 valence electrons. The van der Waals surface area contributed by atoms with Gasteiger partial charge in [-0.15, -0.1) is 0 Å². The minimum atomic E-state index is 0.0293. The molecule has 3 aromatic rings. The third-order valence-corrected chi connectivity index (χ3v) is 6.70. The minimum absolute atomic E-state index is 0.0293. The quantitative estimate of drug-likeness (QED) is 0.532. The first kappa shape index (κ1) is 19.4. The van der Waals surface area contributed by atoms with Gasteiger partial charge in [0, 0.05) is 23.7 Å². The molecule has 0 unspecified atom stereocenters. The number of furan rings is 1. The topological polar surface area (TPSA) is 51.3 Å². The van der Waals surface area contributed by atoms with Crippen LogP contribution in [0.5, 0.6) is 0 Å². The van der Waals surface area contributed by atoms with E-state index in [0.717, 1.165) is 31.5 Å². The van der Waals surface area contributed by atoms with Crippen LogP contribution in [-0.4, -0.2) is 33.2 Å². The van der Waals surface area contributed by atoms with Gasteiger partial charge in [0.2, 0.25) is 0 Å². The lowest BCUT2D eigenvalue weighted by Crippen LogP contribution is -2.38. The van der Waals surface area contributed by atoms with E-state index in [1.165, 1.54) is 0 Å². The number of carbonyl (C=O) groups excluding carboxylic acids is 1. The van der Waals surface area contributed by atoms with Gasteiger partial charge < -0.3 is 9.32 Å². The molecule has 2 aromatic heterocycles. The van der Waals surface area contributed by atoms with Crippen molar-refractivity contribution in [1.82, 2.24) is 14.7 Å². The normalized spacial score (nSPS) is 24.9. The maximum Gasteiger partial charge on any atom is 0.272 e. The van der Waals surface area contributed by atoms with Gasteiger partial charge >= 0.3 is 0 Å². The van der Waals surface area contributed by atoms with Crippen LogP contribution in [0.3, 0.4) is 0 Å². The van der Waals surface area contributed by atoms with Crippen molar-refractivity contribution in [1.29, 1.82) is 0 Å². The zero-order valence-corrected chi connectivity index (χ0v) is 18.3. The van der Waals surface area contributed by atoms with Crippen LogP contribution in [0.2, 0.25) is 5.02 Å². The summed E-state index contributed by atoms with van der Waals surface area (Å²) in [5.41, 5.74) is 2.43. The van der Waals surface area contributed by atoms with Crippen molar-refractivity contribution in [2.75, 3.05) is 6.54 Å². The summed E-state index contributed by atoms with van der Waals surface area (Å²) in [4.78, 5) is 15.9. The third kappa shape index (κ3) is 3.35. The van der Waals surface area contributed by atoms with Crippen molar-refractivity contribution < 1.29 is 9.21 Å². The maximum absolute atomic E-state index is 13.8. The molecule has 2 fully saturated rings. The van der Waals surface area contributed by atoms with Crippen LogP contribution < -0.4 is 0 Å². The smallest absolute Gasteiger partial charge is 0.272 e. The lowest BCUT2D eigenvalue weighted by atomic mass is 9.65. The molecule has 1 saturated carbocycles. The van der Waals surface area contributed by atoms with E-state index in [9.17, 15) is 4.79 Å². The number of hydrogen-bond acceptors (Lipinski definition) is 3.